The molecule has 1 fully saturated rings. The molecule has 0 aromatic heterocycles. The molecule has 7 heteroatoms. The molecule has 0 saturated carbocycles. The van der Waals surface area contributed by atoms with Crippen molar-refractivity contribution in [1.82, 2.24) is 4.90 Å². The second kappa shape index (κ2) is 8.21. The molecule has 0 atom stereocenters. The summed E-state index contributed by atoms with van der Waals surface area (Å²) in [6.45, 7) is 0.476. The second-order valence-electron chi connectivity index (χ2n) is 5.19. The van der Waals surface area contributed by atoms with E-state index in [4.69, 9.17) is 4.74 Å². The maximum Gasteiger partial charge on any atom is 0.293 e. The van der Waals surface area contributed by atoms with Crippen LogP contribution in [0.3, 0.4) is 0 Å². The summed E-state index contributed by atoms with van der Waals surface area (Å²) >= 11 is 7.68. The summed E-state index contributed by atoms with van der Waals surface area (Å²) < 4.78 is 7.51. The molecule has 1 saturated heterocycles. The molecule has 2 amide bonds. The largest absolute Gasteiger partial charge is 0.492 e. The van der Waals surface area contributed by atoms with Crippen LogP contribution in [0.5, 0.6) is 5.75 Å². The molecule has 0 unspecified atom stereocenters. The van der Waals surface area contributed by atoms with Crippen LogP contribution in [0.15, 0.2) is 62.4 Å². The molecule has 0 aliphatic carbocycles. The average Bonchev–Trinajstić information content (AvgIpc) is 2.86. The number of thioether (sulfide) groups is 1. The molecule has 0 radical (unpaired) electrons. The number of hydrogen-bond acceptors (Lipinski definition) is 4. The third-order valence-electron chi connectivity index (χ3n) is 3.44. The van der Waals surface area contributed by atoms with E-state index in [0.29, 0.717) is 10.7 Å². The lowest BCUT2D eigenvalue weighted by atomic mass is 10.2. The number of halogens is 2. The highest BCUT2D eigenvalue weighted by Gasteiger charge is 2.34. The van der Waals surface area contributed by atoms with E-state index in [9.17, 15) is 9.59 Å². The first kappa shape index (κ1) is 18.2. The monoisotopic (exact) mass is 481 g/mol. The average molecular weight is 483 g/mol. The lowest BCUT2D eigenvalue weighted by Gasteiger charge is -2.13. The predicted molar refractivity (Wildman–Crippen MR) is 106 cm³/mol. The first-order valence-corrected chi connectivity index (χ1v) is 9.82. The lowest BCUT2D eigenvalue weighted by molar-refractivity contribution is -0.123. The minimum absolute atomic E-state index is 0.221. The Labute approximate surface area is 166 Å². The summed E-state index contributed by atoms with van der Waals surface area (Å²) in [5.41, 5.74) is 0.875. The molecule has 0 N–H and O–H groups in total. The van der Waals surface area contributed by atoms with Crippen molar-refractivity contribution in [3.05, 3.63) is 67.9 Å². The van der Waals surface area contributed by atoms with Gasteiger partial charge in [-0.25, -0.2) is 0 Å². The maximum absolute atomic E-state index is 12.4. The first-order valence-electron chi connectivity index (χ1n) is 7.42. The number of carbonyl (C=O) groups excluding carboxylic acids is 2. The van der Waals surface area contributed by atoms with Gasteiger partial charge in [0.05, 0.1) is 11.4 Å². The zero-order chi connectivity index (χ0) is 17.8. The molecule has 0 bridgehead atoms. The van der Waals surface area contributed by atoms with Crippen molar-refractivity contribution in [1.29, 1.82) is 0 Å². The molecule has 3 rings (SSSR count). The summed E-state index contributed by atoms with van der Waals surface area (Å²) in [5.74, 6) is 0.415. The summed E-state index contributed by atoms with van der Waals surface area (Å²) in [6, 6.07) is 14.9. The summed E-state index contributed by atoms with van der Waals surface area (Å²) in [5, 5.41) is -0.271. The van der Waals surface area contributed by atoms with E-state index in [1.54, 1.807) is 6.08 Å². The van der Waals surface area contributed by atoms with Gasteiger partial charge in [-0.3, -0.25) is 14.5 Å². The number of ether oxygens (including phenoxy) is 1. The van der Waals surface area contributed by atoms with Gasteiger partial charge in [0.1, 0.15) is 12.4 Å². The van der Waals surface area contributed by atoms with Gasteiger partial charge in [-0.1, -0.05) is 44.0 Å². The predicted octanol–water partition coefficient (Wildman–Crippen LogP) is 5.33. The van der Waals surface area contributed by atoms with Crippen LogP contribution >= 0.6 is 43.6 Å². The van der Waals surface area contributed by atoms with E-state index in [1.807, 2.05) is 48.5 Å². The third-order valence-corrected chi connectivity index (χ3v) is 5.40. The normalized spacial score (nSPS) is 15.9. The first-order chi connectivity index (χ1) is 12.0. The molecular weight excluding hydrogens is 470 g/mol. The molecule has 1 aliphatic rings. The van der Waals surface area contributed by atoms with Gasteiger partial charge in [-0.05, 0) is 59.8 Å². The van der Waals surface area contributed by atoms with Gasteiger partial charge in [-0.15, -0.1) is 0 Å². The maximum atomic E-state index is 12.4. The Kier molecular flexibility index (Phi) is 5.98. The fourth-order valence-corrected chi connectivity index (χ4v) is 3.58. The third kappa shape index (κ3) is 4.74. The molecule has 2 aromatic carbocycles. The summed E-state index contributed by atoms with van der Waals surface area (Å²) in [4.78, 5) is 26.1. The molecule has 2 aromatic rings. The van der Waals surface area contributed by atoms with E-state index in [2.05, 4.69) is 31.9 Å². The highest BCUT2D eigenvalue weighted by molar-refractivity contribution is 9.10. The lowest BCUT2D eigenvalue weighted by Crippen LogP contribution is -2.32. The molecule has 128 valence electrons. The van der Waals surface area contributed by atoms with Crippen LogP contribution in [0.4, 0.5) is 4.79 Å². The zero-order valence-corrected chi connectivity index (χ0v) is 16.9. The van der Waals surface area contributed by atoms with Crippen LogP contribution in [-0.4, -0.2) is 29.2 Å². The van der Waals surface area contributed by atoms with E-state index in [1.165, 1.54) is 4.90 Å². The van der Waals surface area contributed by atoms with Crippen LogP contribution in [-0.2, 0) is 4.79 Å². The molecule has 0 spiro atoms. The number of carbonyl (C=O) groups is 2. The van der Waals surface area contributed by atoms with Gasteiger partial charge in [0.25, 0.3) is 11.1 Å². The van der Waals surface area contributed by atoms with E-state index >= 15 is 0 Å². The van der Waals surface area contributed by atoms with Gasteiger partial charge < -0.3 is 4.74 Å². The summed E-state index contributed by atoms with van der Waals surface area (Å²) in [7, 11) is 0. The quantitative estimate of drug-likeness (QED) is 0.540. The fraction of sp³-hybridized carbons (Fsp3) is 0.111. The van der Waals surface area contributed by atoms with E-state index in [0.717, 1.165) is 26.3 Å². The van der Waals surface area contributed by atoms with Gasteiger partial charge in [0.15, 0.2) is 0 Å². The number of amides is 2. The number of nitrogens with zero attached hydrogens (tertiary/aromatic N) is 1. The van der Waals surface area contributed by atoms with Crippen LogP contribution < -0.4 is 4.74 Å². The number of imide groups is 1. The number of rotatable bonds is 5. The molecule has 25 heavy (non-hydrogen) atoms. The SMILES string of the molecule is O=C1S/C(=C/c2ccc(Br)cc2)C(=O)N1CCOc1ccc(Br)cc1. The Morgan fingerprint density at radius 2 is 1.56 bits per heavy atom. The topological polar surface area (TPSA) is 46.6 Å². The van der Waals surface area contributed by atoms with Crippen molar-refractivity contribution in [2.45, 2.75) is 0 Å². The van der Waals surface area contributed by atoms with Gasteiger partial charge in [0.2, 0.25) is 0 Å². The van der Waals surface area contributed by atoms with Crippen molar-refractivity contribution in [3.63, 3.8) is 0 Å². The van der Waals surface area contributed by atoms with Crippen LogP contribution in [0.25, 0.3) is 6.08 Å². The van der Waals surface area contributed by atoms with Crippen molar-refractivity contribution in [2.24, 2.45) is 0 Å². The number of hydrogen-bond donors (Lipinski definition) is 0. The number of benzene rings is 2. The van der Waals surface area contributed by atoms with Crippen LogP contribution in [0.2, 0.25) is 0 Å². The minimum atomic E-state index is -0.280. The fourth-order valence-electron chi connectivity index (χ4n) is 2.19. The molecule has 1 aliphatic heterocycles. The van der Waals surface area contributed by atoms with Gasteiger partial charge in [-0.2, -0.15) is 0 Å². The highest BCUT2D eigenvalue weighted by Crippen LogP contribution is 2.32. The van der Waals surface area contributed by atoms with Crippen molar-refractivity contribution in [2.75, 3.05) is 13.2 Å². The Morgan fingerprint density at radius 1 is 0.960 bits per heavy atom. The van der Waals surface area contributed by atoms with E-state index < -0.39 is 0 Å². The highest BCUT2D eigenvalue weighted by atomic mass is 79.9. The molecule has 1 heterocycles. The standard InChI is InChI=1S/C18H13Br2NO3S/c19-13-3-1-12(2-4-13)11-16-17(22)21(18(23)25-16)9-10-24-15-7-5-14(20)6-8-15/h1-8,11H,9-10H2/b16-11+. The molecule has 4 nitrogen and oxygen atoms in total. The minimum Gasteiger partial charge on any atom is -0.492 e. The van der Waals surface area contributed by atoms with Gasteiger partial charge in [0, 0.05) is 8.95 Å². The van der Waals surface area contributed by atoms with Crippen LogP contribution in [0, 0.1) is 0 Å². The van der Waals surface area contributed by atoms with Crippen LogP contribution in [0.1, 0.15) is 5.56 Å². The van der Waals surface area contributed by atoms with Gasteiger partial charge >= 0.3 is 0 Å². The smallest absolute Gasteiger partial charge is 0.293 e. The Hall–Kier alpha value is -1.57. The second-order valence-corrected chi connectivity index (χ2v) is 8.01. The summed E-state index contributed by atoms with van der Waals surface area (Å²) in [6.07, 6.45) is 1.73. The van der Waals surface area contributed by atoms with Crippen molar-refractivity contribution in [3.8, 4) is 5.75 Å². The van der Waals surface area contributed by atoms with E-state index in [-0.39, 0.29) is 24.3 Å². The Balaban J connectivity index is 1.61. The van der Waals surface area contributed by atoms with Crippen molar-refractivity contribution >= 4 is 60.8 Å². The Bertz CT molecular complexity index is 819. The molecular formula is C18H13Br2NO3S. The zero-order valence-electron chi connectivity index (χ0n) is 12.9. The Morgan fingerprint density at radius 3 is 2.20 bits per heavy atom. The van der Waals surface area contributed by atoms with Crippen molar-refractivity contribution < 1.29 is 14.3 Å².